The first-order valence-corrected chi connectivity index (χ1v) is 24.7. The Hall–Kier alpha value is -2.61. The van der Waals surface area contributed by atoms with Crippen molar-refractivity contribution in [1.82, 2.24) is 0 Å². The quantitative estimate of drug-likeness (QED) is 0.134. The Balaban J connectivity index is 0.00000217. The second-order valence-electron chi connectivity index (χ2n) is 12.5. The summed E-state index contributed by atoms with van der Waals surface area (Å²) >= 11 is -3.19. The first-order chi connectivity index (χ1) is 21.5. The third-order valence-corrected chi connectivity index (χ3v) is 29.2. The van der Waals surface area contributed by atoms with E-state index in [0.717, 1.165) is 70.5 Å². The molecule has 0 spiro atoms. The van der Waals surface area contributed by atoms with Gasteiger partial charge in [0.25, 0.3) is 0 Å². The van der Waals surface area contributed by atoms with Gasteiger partial charge in [-0.1, -0.05) is 0 Å². The molecule has 246 valence electrons. The molecule has 4 aromatic carbocycles. The zero-order chi connectivity index (χ0) is 31.7. The second-order valence-corrected chi connectivity index (χ2v) is 29.1. The van der Waals surface area contributed by atoms with Crippen LogP contribution in [0.25, 0.3) is 34.4 Å². The van der Waals surface area contributed by atoms with Gasteiger partial charge in [0.05, 0.1) is 0 Å². The van der Waals surface area contributed by atoms with Crippen molar-refractivity contribution in [2.45, 2.75) is 54.7 Å². The largest absolute Gasteiger partial charge is 0.147 e. The van der Waals surface area contributed by atoms with Crippen LogP contribution in [0.2, 0.25) is 8.35 Å². The monoisotopic (exact) mass is 854 g/mol. The summed E-state index contributed by atoms with van der Waals surface area (Å²) in [6.45, 7) is 4.41. The van der Waals surface area contributed by atoms with Gasteiger partial charge in [0.15, 0.2) is 0 Å². The third-order valence-electron chi connectivity index (χ3n) is 10.1. The van der Waals surface area contributed by atoms with Gasteiger partial charge in [-0.2, -0.15) is 0 Å². The summed E-state index contributed by atoms with van der Waals surface area (Å²) in [5, 5.41) is 0. The van der Waals surface area contributed by atoms with Crippen molar-refractivity contribution in [3.8, 4) is 22.3 Å². The maximum atomic E-state index is 13.3. The zero-order valence-corrected chi connectivity index (χ0v) is 31.0. The molecule has 3 aliphatic rings. The zero-order valence-electron chi connectivity index (χ0n) is 25.8. The number of alkyl halides is 6. The molecule has 2 atom stereocenters. The van der Waals surface area contributed by atoms with E-state index >= 15 is 0 Å². The number of fused-ring (bicyclic) bond motifs is 2. The predicted molar refractivity (Wildman–Crippen MR) is 180 cm³/mol. The molecule has 0 nitrogen and oxygen atoms in total. The van der Waals surface area contributed by atoms with Gasteiger partial charge in [0, 0.05) is 0 Å². The van der Waals surface area contributed by atoms with Crippen LogP contribution in [0.1, 0.15) is 67.4 Å². The molecule has 1 saturated heterocycles. The summed E-state index contributed by atoms with van der Waals surface area (Å²) < 4.78 is 83.0. The van der Waals surface area contributed by atoms with Crippen LogP contribution >= 0.6 is 24.8 Å². The van der Waals surface area contributed by atoms with Gasteiger partial charge in [0.1, 0.15) is 0 Å². The molecule has 0 N–H and O–H groups in total. The minimum atomic E-state index is -4.38. The standard InChI is InChI=1S/2C18H14F3.C2H4.2ClH.Hf/c2*1-2-12-10-14-4-3-5-16(17(14)11-12)13-6-8-15(9-7-13)18(19,20)21;1-2;;;/h2*3-11H,2H2,1H3;1-2H2;2*1H;. The molecule has 47 heavy (non-hydrogen) atoms. The molecule has 1 fully saturated rings. The average Bonchev–Trinajstić information content (AvgIpc) is 3.55. The van der Waals surface area contributed by atoms with Crippen LogP contribution in [0.4, 0.5) is 26.3 Å². The smallest absolute Gasteiger partial charge is 0.147 e. The van der Waals surface area contributed by atoms with Crippen molar-refractivity contribution in [2.75, 3.05) is 0 Å². The van der Waals surface area contributed by atoms with Crippen molar-refractivity contribution >= 4 is 37.0 Å². The van der Waals surface area contributed by atoms with Gasteiger partial charge < -0.3 is 0 Å². The minimum absolute atomic E-state index is 0. The van der Waals surface area contributed by atoms with Gasteiger partial charge >= 0.3 is 265 Å². The number of benzene rings is 4. The van der Waals surface area contributed by atoms with E-state index in [9.17, 15) is 26.3 Å². The molecule has 0 radical (unpaired) electrons. The second kappa shape index (κ2) is 13.0. The summed E-state index contributed by atoms with van der Waals surface area (Å²) in [7, 11) is 0. The van der Waals surface area contributed by atoms with Gasteiger partial charge in [-0.05, 0) is 0 Å². The van der Waals surface area contributed by atoms with E-state index in [4.69, 9.17) is 0 Å². The molecule has 1 aliphatic heterocycles. The first-order valence-electron chi connectivity index (χ1n) is 15.5. The molecule has 2 unspecified atom stereocenters. The molecular weight excluding hydrogens is 820 g/mol. The fraction of sp³-hybridized carbons (Fsp3) is 0.263. The van der Waals surface area contributed by atoms with E-state index in [1.165, 1.54) is 30.6 Å². The van der Waals surface area contributed by atoms with Crippen LogP contribution in [0.3, 0.4) is 0 Å². The summed E-state index contributed by atoms with van der Waals surface area (Å²) in [5.74, 6) is 0. The maximum Gasteiger partial charge on any atom is -0.147 e. The van der Waals surface area contributed by atoms with Gasteiger partial charge in [-0.15, -0.1) is 24.8 Å². The first kappa shape index (κ1) is 35.7. The van der Waals surface area contributed by atoms with Crippen molar-refractivity contribution in [1.29, 1.82) is 0 Å². The topological polar surface area (TPSA) is 0 Å². The SMILES string of the molecule is CCC1=Cc2c(-c3ccc(C(F)(F)F)cc3)cccc2[CH]1[Hf]1([CH]2C(CC)=Cc3c(-c4ccc(C(F)(F)F)cc4)cccc32)[CH2][CH2]1.Cl.Cl. The van der Waals surface area contributed by atoms with Crippen LogP contribution in [0.15, 0.2) is 96.1 Å². The van der Waals surface area contributed by atoms with Crippen LogP contribution in [0, 0.1) is 0 Å². The van der Waals surface area contributed by atoms with E-state index in [-0.39, 0.29) is 24.8 Å². The molecule has 4 aromatic rings. The molecule has 0 saturated carbocycles. The summed E-state index contributed by atoms with van der Waals surface area (Å²) in [5.41, 5.74) is 10.0. The molecule has 2 aliphatic carbocycles. The van der Waals surface area contributed by atoms with Crippen LogP contribution < -0.4 is 0 Å². The summed E-state index contributed by atoms with van der Waals surface area (Å²) in [6, 6.07) is 23.6. The molecule has 1 heterocycles. The Bertz CT molecular complexity index is 1720. The van der Waals surface area contributed by atoms with Crippen LogP contribution in [-0.4, -0.2) is 0 Å². The Morgan fingerprint density at radius 3 is 1.21 bits per heavy atom. The van der Waals surface area contributed by atoms with E-state index in [1.807, 2.05) is 12.1 Å². The van der Waals surface area contributed by atoms with Crippen molar-refractivity contribution < 1.29 is 46.3 Å². The van der Waals surface area contributed by atoms with Crippen molar-refractivity contribution in [2.24, 2.45) is 0 Å². The Labute approximate surface area is 288 Å². The maximum absolute atomic E-state index is 13.3. The summed E-state index contributed by atoms with van der Waals surface area (Å²) in [4.78, 5) is 0. The Kier molecular flexibility index (Phi) is 9.89. The Morgan fingerprint density at radius 1 is 0.553 bits per heavy atom. The van der Waals surface area contributed by atoms with Gasteiger partial charge in [-0.3, -0.25) is 0 Å². The molecule has 0 bridgehead atoms. The molecule has 0 amide bonds. The molecule has 0 aromatic heterocycles. The van der Waals surface area contributed by atoms with Crippen LogP contribution in [-0.2, 0) is 32.3 Å². The van der Waals surface area contributed by atoms with Gasteiger partial charge in [-0.25, -0.2) is 0 Å². The fourth-order valence-corrected chi connectivity index (χ4v) is 36.5. The molecule has 7 rings (SSSR count). The predicted octanol–water partition coefficient (Wildman–Crippen LogP) is 13.3. The van der Waals surface area contributed by atoms with Crippen molar-refractivity contribution in [3.05, 3.63) is 129 Å². The Morgan fingerprint density at radius 2 is 0.915 bits per heavy atom. The van der Waals surface area contributed by atoms with E-state index in [2.05, 4.69) is 50.3 Å². The van der Waals surface area contributed by atoms with E-state index in [0.29, 0.717) is 7.35 Å². The fourth-order valence-electron chi connectivity index (χ4n) is 7.97. The normalized spacial score (nSPS) is 19.1. The third kappa shape index (κ3) is 6.10. The van der Waals surface area contributed by atoms with E-state index in [1.54, 1.807) is 24.3 Å². The van der Waals surface area contributed by atoms with Crippen molar-refractivity contribution in [3.63, 3.8) is 0 Å². The number of hydrogen-bond acceptors (Lipinski definition) is 0. The van der Waals surface area contributed by atoms with Crippen LogP contribution in [0.5, 0.6) is 0 Å². The molecule has 9 heteroatoms. The average molecular weight is 854 g/mol. The molecular formula is C38H34Cl2F6Hf. The minimum Gasteiger partial charge on any atom is -0.147 e. The number of rotatable bonds is 6. The number of hydrogen-bond donors (Lipinski definition) is 0. The number of allylic oxidation sites excluding steroid dienone is 2. The summed E-state index contributed by atoms with van der Waals surface area (Å²) in [6.07, 6.45) is -2.28. The van der Waals surface area contributed by atoms with E-state index < -0.39 is 43.4 Å². The van der Waals surface area contributed by atoms with Gasteiger partial charge in [0.2, 0.25) is 0 Å². The number of halogens is 8.